The minimum absolute atomic E-state index is 0. The number of rotatable bonds is 12. The van der Waals surface area contributed by atoms with Gasteiger partial charge in [-0.1, -0.05) is 121 Å². The summed E-state index contributed by atoms with van der Waals surface area (Å²) in [6.07, 6.45) is 16.6. The predicted octanol–water partition coefficient (Wildman–Crippen LogP) is 9.39. The molecule has 3 heterocycles. The van der Waals surface area contributed by atoms with Crippen LogP contribution in [0, 0.1) is 19.3 Å². The number of nitrogens with zero attached hydrogens (tertiary/aromatic N) is 2. The van der Waals surface area contributed by atoms with Crippen molar-refractivity contribution in [3.8, 4) is 0 Å². The van der Waals surface area contributed by atoms with E-state index < -0.39 is 5.60 Å². The Morgan fingerprint density at radius 3 is 1.54 bits per heavy atom. The summed E-state index contributed by atoms with van der Waals surface area (Å²) in [4.78, 5) is 17.9. The zero-order valence-electron chi connectivity index (χ0n) is 38.1. The number of likely N-dealkylation sites (tertiary alicyclic amines) is 2. The largest absolute Gasteiger partial charge is 2.00 e. The van der Waals surface area contributed by atoms with Crippen LogP contribution in [0.4, 0.5) is 0 Å². The standard InChI is InChI=1S/C25H32ClNO.C24H28ClNO.C4H8O.CH3.BrH.Mg/c1-24(28,21-8-3-2-4-9-21)17-20-7-5-16-27(18-20)19-25(14-6-15-25)22-10-12-23(26)13-11-22;25-22-11-9-21(10-12-22)24(13-5-14-24)18-26-15-4-6-19(17-26)16-23(27)20-7-2-1-3-8-20;1-2-4-5-3-1;;;/h2-4,8-13,20,28H,5-7,14-19H2,1H3;1-3,7-12,19H,4-6,13-18H2;1-4H2;1H3;1H;/q;;;-1;;+2/p-1. The Morgan fingerprint density at radius 1 is 0.667 bits per heavy atom. The quantitative estimate of drug-likeness (QED) is 0.0873. The van der Waals surface area contributed by atoms with E-state index in [9.17, 15) is 9.90 Å². The molecule has 3 atom stereocenters. The van der Waals surface area contributed by atoms with Crippen LogP contribution in [-0.4, -0.2) is 96.2 Å². The molecule has 4 aromatic rings. The molecule has 1 N–H and O–H groups in total. The molecule has 5 aliphatic rings. The van der Waals surface area contributed by atoms with Gasteiger partial charge in [0.2, 0.25) is 0 Å². The van der Waals surface area contributed by atoms with Crippen LogP contribution in [0.3, 0.4) is 0 Å². The third kappa shape index (κ3) is 15.1. The average molecular weight is 971 g/mol. The van der Waals surface area contributed by atoms with Crippen LogP contribution in [0.25, 0.3) is 0 Å². The van der Waals surface area contributed by atoms with Gasteiger partial charge in [-0.2, -0.15) is 0 Å². The van der Waals surface area contributed by atoms with Gasteiger partial charge in [0.1, 0.15) is 0 Å². The van der Waals surface area contributed by atoms with Crippen LogP contribution in [-0.2, 0) is 21.2 Å². The van der Waals surface area contributed by atoms with Crippen molar-refractivity contribution in [1.82, 2.24) is 9.80 Å². The molecular formula is C54H71BrCl2MgN2O3. The number of piperidine rings is 2. The van der Waals surface area contributed by atoms with Crippen LogP contribution >= 0.6 is 23.2 Å². The Morgan fingerprint density at radius 2 is 1.11 bits per heavy atom. The second-order valence-electron chi connectivity index (χ2n) is 18.9. The van der Waals surface area contributed by atoms with Crippen molar-refractivity contribution in [1.29, 1.82) is 0 Å². The monoisotopic (exact) mass is 968 g/mol. The van der Waals surface area contributed by atoms with Crippen molar-refractivity contribution in [2.45, 2.75) is 113 Å². The topological polar surface area (TPSA) is 53.0 Å². The summed E-state index contributed by atoms with van der Waals surface area (Å²) in [5.74, 6) is 1.32. The fraction of sp³-hybridized carbons (Fsp3) is 0.519. The average Bonchev–Trinajstić information content (AvgIpc) is 3.84. The van der Waals surface area contributed by atoms with Gasteiger partial charge in [-0.05, 0) is 143 Å². The SMILES string of the molecule is C1CCOC1.CC(O)(CC1CCCN(CC2(c3ccc(Cl)cc3)CCC2)C1)c1ccccc1.O=C(CC1CCCN(CC2(c3ccc(Cl)cc3)CCC2)C1)c1ccccc1.[Br-].[CH3-].[Mg+2]. The Hall–Kier alpha value is -1.78. The summed E-state index contributed by atoms with van der Waals surface area (Å²) in [5, 5.41) is 12.7. The molecule has 5 nitrogen and oxygen atoms in total. The molecule has 63 heavy (non-hydrogen) atoms. The van der Waals surface area contributed by atoms with E-state index >= 15 is 0 Å². The van der Waals surface area contributed by atoms with Crippen molar-refractivity contribution in [3.05, 3.63) is 149 Å². The molecule has 9 heteroatoms. The minimum Gasteiger partial charge on any atom is -1.00 e. The fourth-order valence-electron chi connectivity index (χ4n) is 10.7. The molecular weight excluding hydrogens is 900 g/mol. The molecule has 0 radical (unpaired) electrons. The number of hydrogen-bond donors (Lipinski definition) is 1. The fourth-order valence-corrected chi connectivity index (χ4v) is 10.9. The maximum atomic E-state index is 12.6. The Kier molecular flexibility index (Phi) is 22.2. The van der Waals surface area contributed by atoms with Crippen molar-refractivity contribution in [2.24, 2.45) is 11.8 Å². The molecule has 2 aliphatic carbocycles. The molecule has 5 fully saturated rings. The summed E-state index contributed by atoms with van der Waals surface area (Å²) in [5.41, 5.74) is 4.60. The second-order valence-corrected chi connectivity index (χ2v) is 19.8. The normalized spacial score (nSPS) is 22.2. The number of ether oxygens (including phenoxy) is 1. The van der Waals surface area contributed by atoms with Gasteiger partial charge in [0.05, 0.1) is 5.60 Å². The van der Waals surface area contributed by atoms with Crippen LogP contribution < -0.4 is 17.0 Å². The smallest absolute Gasteiger partial charge is 1.00 e. The Labute approximate surface area is 417 Å². The van der Waals surface area contributed by atoms with E-state index in [4.69, 9.17) is 27.9 Å². The number of Topliss-reactive ketones (excluding diaryl/α,β-unsaturated/α-hetero) is 1. The van der Waals surface area contributed by atoms with E-state index in [0.717, 1.165) is 73.5 Å². The molecule has 0 aromatic heterocycles. The van der Waals surface area contributed by atoms with Crippen LogP contribution in [0.2, 0.25) is 10.0 Å². The van der Waals surface area contributed by atoms with Crippen LogP contribution in [0.1, 0.15) is 124 Å². The van der Waals surface area contributed by atoms with Gasteiger partial charge in [0.25, 0.3) is 0 Å². The van der Waals surface area contributed by atoms with E-state index in [2.05, 4.69) is 34.1 Å². The number of aliphatic hydroxyl groups is 1. The third-order valence-electron chi connectivity index (χ3n) is 14.3. The second kappa shape index (κ2) is 25.9. The third-order valence-corrected chi connectivity index (χ3v) is 14.8. The first-order valence-electron chi connectivity index (χ1n) is 23.0. The van der Waals surface area contributed by atoms with Gasteiger partial charge in [-0.15, -0.1) is 0 Å². The molecule has 3 aliphatic heterocycles. The summed E-state index contributed by atoms with van der Waals surface area (Å²) in [6, 6.07) is 36.9. The number of halogens is 3. The van der Waals surface area contributed by atoms with E-state index in [-0.39, 0.29) is 52.9 Å². The molecule has 2 saturated carbocycles. The van der Waals surface area contributed by atoms with Gasteiger partial charge in [0, 0.05) is 72.3 Å². The molecule has 0 bridgehead atoms. The van der Waals surface area contributed by atoms with E-state index in [1.54, 1.807) is 0 Å². The first-order chi connectivity index (χ1) is 29.1. The summed E-state index contributed by atoms with van der Waals surface area (Å²) < 4.78 is 4.94. The number of benzene rings is 4. The van der Waals surface area contributed by atoms with Gasteiger partial charge < -0.3 is 44.1 Å². The van der Waals surface area contributed by atoms with Gasteiger partial charge in [0.15, 0.2) is 5.78 Å². The summed E-state index contributed by atoms with van der Waals surface area (Å²) in [6.45, 7) is 10.7. The summed E-state index contributed by atoms with van der Waals surface area (Å²) in [7, 11) is 0. The van der Waals surface area contributed by atoms with Gasteiger partial charge in [-0.25, -0.2) is 0 Å². The Bertz CT molecular complexity index is 1900. The maximum Gasteiger partial charge on any atom is 2.00 e. The molecule has 3 unspecified atom stereocenters. The predicted molar refractivity (Wildman–Crippen MR) is 261 cm³/mol. The van der Waals surface area contributed by atoms with Crippen molar-refractivity contribution in [2.75, 3.05) is 52.5 Å². The minimum atomic E-state index is -0.751. The van der Waals surface area contributed by atoms with Crippen molar-refractivity contribution in [3.63, 3.8) is 0 Å². The zero-order chi connectivity index (χ0) is 41.8. The number of carbonyl (C=O) groups excluding carboxylic acids is 1. The van der Waals surface area contributed by atoms with E-state index in [1.165, 1.54) is 94.7 Å². The van der Waals surface area contributed by atoms with Gasteiger partial charge >= 0.3 is 23.1 Å². The molecule has 338 valence electrons. The number of carbonyl (C=O) groups is 1. The maximum absolute atomic E-state index is 12.6. The number of ketones is 1. The molecule has 0 amide bonds. The Balaban J connectivity index is 0.000000238. The zero-order valence-corrected chi connectivity index (χ0v) is 42.6. The first kappa shape index (κ1) is 53.8. The molecule has 9 rings (SSSR count). The van der Waals surface area contributed by atoms with Crippen LogP contribution in [0.5, 0.6) is 0 Å². The van der Waals surface area contributed by atoms with E-state index in [0.29, 0.717) is 29.5 Å². The van der Waals surface area contributed by atoms with Crippen LogP contribution in [0.15, 0.2) is 109 Å². The van der Waals surface area contributed by atoms with E-state index in [1.807, 2.05) is 91.9 Å². The summed E-state index contributed by atoms with van der Waals surface area (Å²) >= 11 is 12.2. The number of hydrogen-bond acceptors (Lipinski definition) is 5. The van der Waals surface area contributed by atoms with Crippen molar-refractivity contribution < 1.29 is 31.6 Å². The molecule has 3 saturated heterocycles. The van der Waals surface area contributed by atoms with Gasteiger partial charge in [-0.3, -0.25) is 4.79 Å². The van der Waals surface area contributed by atoms with Crippen molar-refractivity contribution >= 4 is 52.0 Å². The first-order valence-corrected chi connectivity index (χ1v) is 23.8. The molecule has 0 spiro atoms. The molecule has 4 aromatic carbocycles.